The van der Waals surface area contributed by atoms with E-state index >= 15 is 0 Å². The van der Waals surface area contributed by atoms with Gasteiger partial charge >= 0.3 is 0 Å². The molecule has 22 heavy (non-hydrogen) atoms. The molecule has 1 saturated heterocycles. The number of carbonyl (C=O) groups is 1. The quantitative estimate of drug-likeness (QED) is 0.830. The lowest BCUT2D eigenvalue weighted by Crippen LogP contribution is -2.47. The zero-order valence-electron chi connectivity index (χ0n) is 12.5. The van der Waals surface area contributed by atoms with Gasteiger partial charge in [0.2, 0.25) is 5.91 Å². The number of anilines is 1. The van der Waals surface area contributed by atoms with Crippen molar-refractivity contribution in [2.24, 2.45) is 0 Å². The van der Waals surface area contributed by atoms with Crippen molar-refractivity contribution in [2.45, 2.75) is 12.8 Å². The number of nitriles is 1. The lowest BCUT2D eigenvalue weighted by Gasteiger charge is -2.34. The summed E-state index contributed by atoms with van der Waals surface area (Å²) in [7, 11) is 0. The summed E-state index contributed by atoms with van der Waals surface area (Å²) in [6.45, 7) is 5.44. The average molecular weight is 366 g/mol. The Morgan fingerprint density at radius 3 is 2.64 bits per heavy atom. The van der Waals surface area contributed by atoms with E-state index in [0.29, 0.717) is 18.7 Å². The Bertz CT molecular complexity index is 537. The molecule has 0 unspecified atom stereocenters. The molecule has 7 heteroatoms. The molecule has 1 aromatic rings. The smallest absolute Gasteiger partial charge is 0.226 e. The number of hydrogen-bond acceptors (Lipinski definition) is 5. The summed E-state index contributed by atoms with van der Waals surface area (Å²) >= 11 is 3.35. The molecule has 0 aromatic carbocycles. The number of amides is 1. The number of halogens is 1. The molecule has 1 fully saturated rings. The van der Waals surface area contributed by atoms with E-state index in [1.54, 1.807) is 12.3 Å². The third kappa shape index (κ3) is 5.72. The minimum Gasteiger partial charge on any atom is -0.311 e. The van der Waals surface area contributed by atoms with Crippen LogP contribution in [0.15, 0.2) is 22.8 Å². The summed E-state index contributed by atoms with van der Waals surface area (Å²) in [5.41, 5.74) is 0. The van der Waals surface area contributed by atoms with Crippen molar-refractivity contribution in [1.82, 2.24) is 14.8 Å². The van der Waals surface area contributed by atoms with Crippen LogP contribution < -0.4 is 5.32 Å². The lowest BCUT2D eigenvalue weighted by atomic mass is 10.2. The summed E-state index contributed by atoms with van der Waals surface area (Å²) in [5.74, 6) is 0.554. The Morgan fingerprint density at radius 2 is 2.00 bits per heavy atom. The predicted molar refractivity (Wildman–Crippen MR) is 88.3 cm³/mol. The van der Waals surface area contributed by atoms with Gasteiger partial charge in [0.05, 0.1) is 6.07 Å². The van der Waals surface area contributed by atoms with Gasteiger partial charge in [-0.25, -0.2) is 4.98 Å². The normalized spacial score (nSPS) is 16.2. The van der Waals surface area contributed by atoms with E-state index in [4.69, 9.17) is 5.26 Å². The number of nitrogens with zero attached hydrogens (tertiary/aromatic N) is 4. The maximum Gasteiger partial charge on any atom is 0.226 e. The summed E-state index contributed by atoms with van der Waals surface area (Å²) < 4.78 is 0.895. The number of pyridine rings is 1. The summed E-state index contributed by atoms with van der Waals surface area (Å²) in [6.07, 6.45) is 2.70. The van der Waals surface area contributed by atoms with Gasteiger partial charge in [-0.2, -0.15) is 5.26 Å². The third-order valence-corrected chi connectivity index (χ3v) is 4.14. The maximum absolute atomic E-state index is 11.9. The number of nitrogens with one attached hydrogen (secondary N) is 1. The van der Waals surface area contributed by atoms with Gasteiger partial charge in [0.25, 0.3) is 0 Å². The van der Waals surface area contributed by atoms with Crippen LogP contribution in [0.1, 0.15) is 12.8 Å². The van der Waals surface area contributed by atoms with Crippen LogP contribution in [0, 0.1) is 11.3 Å². The highest BCUT2D eigenvalue weighted by Gasteiger charge is 2.17. The first-order valence-electron chi connectivity index (χ1n) is 7.40. The zero-order chi connectivity index (χ0) is 15.8. The molecule has 0 aliphatic carbocycles. The number of hydrogen-bond donors (Lipinski definition) is 1. The molecule has 2 heterocycles. The predicted octanol–water partition coefficient (Wildman–Crippen LogP) is 1.70. The minimum atomic E-state index is -0.0162. The average Bonchev–Trinajstić information content (AvgIpc) is 2.52. The van der Waals surface area contributed by atoms with E-state index in [-0.39, 0.29) is 5.91 Å². The van der Waals surface area contributed by atoms with Gasteiger partial charge in [0.1, 0.15) is 5.82 Å². The van der Waals surface area contributed by atoms with E-state index in [2.05, 4.69) is 42.1 Å². The van der Waals surface area contributed by atoms with Crippen LogP contribution in [0.3, 0.4) is 0 Å². The van der Waals surface area contributed by atoms with E-state index < -0.39 is 0 Å². The van der Waals surface area contributed by atoms with Crippen molar-refractivity contribution in [3.8, 4) is 6.07 Å². The summed E-state index contributed by atoms with van der Waals surface area (Å²) in [6, 6.07) is 5.78. The van der Waals surface area contributed by atoms with Gasteiger partial charge in [-0.05, 0) is 12.1 Å². The molecular formula is C15H20BrN5O. The monoisotopic (exact) mass is 365 g/mol. The van der Waals surface area contributed by atoms with Crippen molar-refractivity contribution in [1.29, 1.82) is 5.26 Å². The van der Waals surface area contributed by atoms with Gasteiger partial charge < -0.3 is 10.2 Å². The van der Waals surface area contributed by atoms with Gasteiger partial charge in [-0.3, -0.25) is 9.69 Å². The second-order valence-corrected chi connectivity index (χ2v) is 6.16. The van der Waals surface area contributed by atoms with Gasteiger partial charge in [0, 0.05) is 62.8 Å². The Balaban J connectivity index is 1.66. The van der Waals surface area contributed by atoms with E-state index in [1.165, 1.54) is 0 Å². The fourth-order valence-electron chi connectivity index (χ4n) is 2.38. The van der Waals surface area contributed by atoms with Crippen molar-refractivity contribution < 1.29 is 4.79 Å². The highest BCUT2D eigenvalue weighted by Crippen LogP contribution is 2.13. The van der Waals surface area contributed by atoms with Crippen molar-refractivity contribution in [3.05, 3.63) is 22.8 Å². The topological polar surface area (TPSA) is 72.3 Å². The van der Waals surface area contributed by atoms with Gasteiger partial charge in [-0.15, -0.1) is 0 Å². The van der Waals surface area contributed by atoms with Crippen LogP contribution >= 0.6 is 15.9 Å². The van der Waals surface area contributed by atoms with Crippen molar-refractivity contribution in [2.75, 3.05) is 44.6 Å². The molecule has 118 valence electrons. The largest absolute Gasteiger partial charge is 0.311 e. The summed E-state index contributed by atoms with van der Waals surface area (Å²) in [4.78, 5) is 20.6. The summed E-state index contributed by atoms with van der Waals surface area (Å²) in [5, 5.41) is 11.4. The Hall–Kier alpha value is -1.49. The van der Waals surface area contributed by atoms with Crippen molar-refractivity contribution in [3.63, 3.8) is 0 Å². The zero-order valence-corrected chi connectivity index (χ0v) is 14.0. The second kappa shape index (κ2) is 8.83. The first-order valence-corrected chi connectivity index (χ1v) is 8.20. The van der Waals surface area contributed by atoms with Crippen LogP contribution in [0.4, 0.5) is 5.82 Å². The number of rotatable bonds is 6. The molecule has 0 atom stereocenters. The van der Waals surface area contributed by atoms with Crippen molar-refractivity contribution >= 4 is 27.7 Å². The fourth-order valence-corrected chi connectivity index (χ4v) is 2.72. The molecule has 1 aliphatic rings. The molecular weight excluding hydrogens is 346 g/mol. The van der Waals surface area contributed by atoms with E-state index in [0.717, 1.165) is 43.7 Å². The molecule has 1 aliphatic heterocycles. The number of piperazine rings is 1. The minimum absolute atomic E-state index is 0.0162. The molecule has 1 N–H and O–H groups in total. The van der Waals surface area contributed by atoms with E-state index in [1.807, 2.05) is 6.07 Å². The van der Waals surface area contributed by atoms with Gasteiger partial charge in [0.15, 0.2) is 0 Å². The SMILES string of the molecule is N#CCCN1CCN(CCC(=O)Nc2cc(Br)ccn2)CC1. The fraction of sp³-hybridized carbons (Fsp3) is 0.533. The molecule has 0 saturated carbocycles. The van der Waals surface area contributed by atoms with Crippen LogP contribution in [-0.2, 0) is 4.79 Å². The molecule has 0 bridgehead atoms. The lowest BCUT2D eigenvalue weighted by molar-refractivity contribution is -0.116. The number of carbonyl (C=O) groups excluding carboxylic acids is 1. The Kier molecular flexibility index (Phi) is 6.77. The van der Waals surface area contributed by atoms with Crippen LogP contribution in [0.25, 0.3) is 0 Å². The number of aromatic nitrogens is 1. The first kappa shape index (κ1) is 16.9. The Labute approximate surface area is 139 Å². The first-order chi connectivity index (χ1) is 10.7. The van der Waals surface area contributed by atoms with E-state index in [9.17, 15) is 4.79 Å². The molecule has 1 amide bonds. The second-order valence-electron chi connectivity index (χ2n) is 5.25. The molecule has 0 spiro atoms. The van der Waals surface area contributed by atoms with Gasteiger partial charge in [-0.1, -0.05) is 15.9 Å². The van der Waals surface area contributed by atoms with Crippen LogP contribution in [-0.4, -0.2) is 60.0 Å². The van der Waals surface area contributed by atoms with Crippen LogP contribution in [0.5, 0.6) is 0 Å². The standard InChI is InChI=1S/C15H20BrN5O/c16-13-2-5-18-14(12-13)19-15(22)3-7-21-10-8-20(9-11-21)6-1-4-17/h2,5,12H,1,3,6-11H2,(H,18,19,22). The highest BCUT2D eigenvalue weighted by atomic mass is 79.9. The van der Waals surface area contributed by atoms with Crippen LogP contribution in [0.2, 0.25) is 0 Å². The molecule has 1 aromatic heterocycles. The maximum atomic E-state index is 11.9. The molecule has 2 rings (SSSR count). The highest BCUT2D eigenvalue weighted by molar-refractivity contribution is 9.10. The Morgan fingerprint density at radius 1 is 1.32 bits per heavy atom. The molecule has 0 radical (unpaired) electrons. The molecule has 6 nitrogen and oxygen atoms in total. The third-order valence-electron chi connectivity index (χ3n) is 3.65.